The molecule has 1 aliphatic carbocycles. The van der Waals surface area contributed by atoms with E-state index in [0.717, 1.165) is 12.2 Å². The van der Waals surface area contributed by atoms with Crippen LogP contribution in [0.4, 0.5) is 13.2 Å². The normalized spacial score (nSPS) is 19.8. The van der Waals surface area contributed by atoms with Crippen LogP contribution in [0, 0.1) is 0 Å². The summed E-state index contributed by atoms with van der Waals surface area (Å²) in [6.07, 6.45) is -4.34. The molecule has 3 aromatic carbocycles. The Morgan fingerprint density at radius 2 is 1.55 bits per heavy atom. The number of esters is 3. The van der Waals surface area contributed by atoms with Crippen molar-refractivity contribution in [1.82, 2.24) is 5.32 Å². The number of carbonyl (C=O) groups excluding carboxylic acids is 4. The van der Waals surface area contributed by atoms with Gasteiger partial charge in [0, 0.05) is 35.6 Å². The average Bonchev–Trinajstić information content (AvgIpc) is 3.56. The van der Waals surface area contributed by atoms with E-state index in [0.29, 0.717) is 11.1 Å². The number of rotatable bonds is 13. The molecule has 2 aliphatic rings. The molecule has 2 N–H and O–H groups in total. The number of alkyl halides is 3. The van der Waals surface area contributed by atoms with Crippen molar-refractivity contribution < 1.29 is 61.1 Å². The van der Waals surface area contributed by atoms with Gasteiger partial charge < -0.3 is 34.1 Å². The predicted octanol–water partition coefficient (Wildman–Crippen LogP) is 5.95. The third-order valence-corrected chi connectivity index (χ3v) is 8.57. The molecule has 292 valence electrons. The Balaban J connectivity index is 1.43. The minimum atomic E-state index is -4.71. The van der Waals surface area contributed by atoms with Gasteiger partial charge >= 0.3 is 24.1 Å². The summed E-state index contributed by atoms with van der Waals surface area (Å²) in [5.41, 5.74) is 0.849. The maximum atomic E-state index is 13.9. The number of halogens is 3. The summed E-state index contributed by atoms with van der Waals surface area (Å²) in [7, 11) is 0. The molecule has 0 spiro atoms. The average molecular weight is 766 g/mol. The van der Waals surface area contributed by atoms with Crippen LogP contribution in [0.25, 0.3) is 6.08 Å². The van der Waals surface area contributed by atoms with Crippen molar-refractivity contribution in [3.63, 3.8) is 0 Å². The number of hydrogen-bond acceptors (Lipinski definition) is 10. The first kappa shape index (κ1) is 40.9. The lowest BCUT2D eigenvalue weighted by Crippen LogP contribution is -2.45. The van der Waals surface area contributed by atoms with Crippen LogP contribution in [-0.2, 0) is 43.9 Å². The third-order valence-electron chi connectivity index (χ3n) is 8.57. The quantitative estimate of drug-likeness (QED) is 0.122. The lowest BCUT2D eigenvalue weighted by Gasteiger charge is -2.31. The summed E-state index contributed by atoms with van der Waals surface area (Å²) in [4.78, 5) is 52.0. The maximum absolute atomic E-state index is 13.9. The van der Waals surface area contributed by atoms with Gasteiger partial charge in [0.1, 0.15) is 23.9 Å². The van der Waals surface area contributed by atoms with Crippen LogP contribution < -0.4 is 5.32 Å². The SMILES string of the molecule is CC(C)(C)OC(=O)CCC(CO)NC(=O)C1=CC2OC(c3ccccc3)(c3ccccc3)OC2C(OC(=O)c2ccccc2C=CC(=O)OCC(F)(F)F)C1. The summed E-state index contributed by atoms with van der Waals surface area (Å²) < 4.78 is 66.7. The van der Waals surface area contributed by atoms with E-state index in [1.165, 1.54) is 18.2 Å². The molecule has 1 aliphatic heterocycles. The fourth-order valence-electron chi connectivity index (χ4n) is 6.15. The zero-order valence-corrected chi connectivity index (χ0v) is 30.4. The summed E-state index contributed by atoms with van der Waals surface area (Å²) in [5, 5.41) is 12.8. The van der Waals surface area contributed by atoms with Gasteiger partial charge in [-0.2, -0.15) is 13.2 Å². The largest absolute Gasteiger partial charge is 0.460 e. The Labute approximate surface area is 316 Å². The Bertz CT molecular complexity index is 1850. The van der Waals surface area contributed by atoms with Crippen LogP contribution in [0.15, 0.2) is 103 Å². The van der Waals surface area contributed by atoms with Crippen LogP contribution in [-0.4, -0.2) is 78.3 Å². The molecule has 11 nitrogen and oxygen atoms in total. The highest BCUT2D eigenvalue weighted by molar-refractivity contribution is 5.96. The molecule has 5 rings (SSSR count). The second-order valence-corrected chi connectivity index (χ2v) is 14.0. The zero-order valence-electron chi connectivity index (χ0n) is 30.4. The first-order valence-electron chi connectivity index (χ1n) is 17.6. The Morgan fingerprint density at radius 3 is 2.15 bits per heavy atom. The van der Waals surface area contributed by atoms with E-state index in [-0.39, 0.29) is 36.0 Å². The molecule has 1 saturated heterocycles. The van der Waals surface area contributed by atoms with Gasteiger partial charge in [-0.05, 0) is 51.0 Å². The number of hydrogen-bond donors (Lipinski definition) is 2. The van der Waals surface area contributed by atoms with E-state index < -0.39 is 78.9 Å². The van der Waals surface area contributed by atoms with E-state index in [9.17, 15) is 37.5 Å². The number of nitrogens with one attached hydrogen (secondary N) is 1. The first-order chi connectivity index (χ1) is 26.1. The Kier molecular flexibility index (Phi) is 13.0. The van der Waals surface area contributed by atoms with Crippen LogP contribution in [0.3, 0.4) is 0 Å². The van der Waals surface area contributed by atoms with Gasteiger partial charge in [-0.25, -0.2) is 9.59 Å². The van der Waals surface area contributed by atoms with Gasteiger partial charge in [-0.15, -0.1) is 0 Å². The van der Waals surface area contributed by atoms with Gasteiger partial charge in [0.2, 0.25) is 11.7 Å². The first-order valence-corrected chi connectivity index (χ1v) is 17.6. The van der Waals surface area contributed by atoms with Gasteiger partial charge in [-0.3, -0.25) is 9.59 Å². The highest BCUT2D eigenvalue weighted by atomic mass is 19.4. The third kappa shape index (κ3) is 10.9. The molecule has 0 saturated carbocycles. The fourth-order valence-corrected chi connectivity index (χ4v) is 6.15. The van der Waals surface area contributed by atoms with Crippen molar-refractivity contribution >= 4 is 29.9 Å². The summed E-state index contributed by atoms with van der Waals surface area (Å²) in [6, 6.07) is 23.4. The van der Waals surface area contributed by atoms with Gasteiger partial charge in [0.05, 0.1) is 18.2 Å². The number of aliphatic hydroxyl groups excluding tert-OH is 1. The smallest absolute Gasteiger partial charge is 0.422 e. The van der Waals surface area contributed by atoms with E-state index in [4.69, 9.17) is 18.9 Å². The zero-order chi connectivity index (χ0) is 39.8. The summed E-state index contributed by atoms with van der Waals surface area (Å²) >= 11 is 0. The van der Waals surface area contributed by atoms with Crippen LogP contribution in [0.2, 0.25) is 0 Å². The molecular weight excluding hydrogens is 723 g/mol. The monoisotopic (exact) mass is 765 g/mol. The molecule has 0 aromatic heterocycles. The number of carbonyl (C=O) groups is 4. The predicted molar refractivity (Wildman–Crippen MR) is 192 cm³/mol. The minimum Gasteiger partial charge on any atom is -0.460 e. The number of ether oxygens (including phenoxy) is 5. The highest BCUT2D eigenvalue weighted by Gasteiger charge is 2.55. The van der Waals surface area contributed by atoms with Crippen molar-refractivity contribution in [1.29, 1.82) is 0 Å². The van der Waals surface area contributed by atoms with Crippen LogP contribution >= 0.6 is 0 Å². The topological polar surface area (TPSA) is 147 Å². The van der Waals surface area contributed by atoms with E-state index in [1.807, 2.05) is 60.7 Å². The Morgan fingerprint density at radius 1 is 0.927 bits per heavy atom. The molecule has 14 heteroatoms. The Hall–Kier alpha value is -5.31. The fraction of sp³-hybridized carbons (Fsp3) is 0.366. The van der Waals surface area contributed by atoms with E-state index in [1.54, 1.807) is 32.9 Å². The molecule has 3 aromatic rings. The van der Waals surface area contributed by atoms with Crippen molar-refractivity contribution in [3.8, 4) is 0 Å². The van der Waals surface area contributed by atoms with Gasteiger partial charge in [0.15, 0.2) is 6.61 Å². The molecule has 0 radical (unpaired) electrons. The lowest BCUT2D eigenvalue weighted by atomic mass is 9.91. The number of aliphatic hydroxyl groups is 1. The van der Waals surface area contributed by atoms with Gasteiger partial charge in [-0.1, -0.05) is 78.9 Å². The second kappa shape index (κ2) is 17.4. The second-order valence-electron chi connectivity index (χ2n) is 14.0. The molecule has 1 fully saturated rings. The molecule has 1 amide bonds. The lowest BCUT2D eigenvalue weighted by molar-refractivity contribution is -0.182. The standard InChI is InChI=1S/C41H42F3NO10/c1-39(2,3)54-35(48)21-19-30(24-46)45-37(49)27-22-32(52-38(50)31-17-11-10-12-26(31)18-20-34(47)51-25-40(42,43)44)36-33(23-27)53-41(55-36,28-13-6-4-7-14-28)29-15-8-5-9-16-29/h4-18,20,23,30,32-33,36,46H,19,21-22,24-25H2,1-3H3,(H,45,49). The van der Waals surface area contributed by atoms with Crippen molar-refractivity contribution in [3.05, 3.63) is 125 Å². The number of benzene rings is 3. The summed E-state index contributed by atoms with van der Waals surface area (Å²) in [6.45, 7) is 2.96. The molecule has 4 atom stereocenters. The molecule has 4 unspecified atom stereocenters. The molecular formula is C41H42F3NO10. The van der Waals surface area contributed by atoms with Crippen LogP contribution in [0.1, 0.15) is 67.1 Å². The molecule has 55 heavy (non-hydrogen) atoms. The van der Waals surface area contributed by atoms with E-state index in [2.05, 4.69) is 10.1 Å². The molecule has 1 heterocycles. The maximum Gasteiger partial charge on any atom is 0.422 e. The van der Waals surface area contributed by atoms with Crippen molar-refractivity contribution in [2.75, 3.05) is 13.2 Å². The highest BCUT2D eigenvalue weighted by Crippen LogP contribution is 2.47. The van der Waals surface area contributed by atoms with Crippen LogP contribution in [0.5, 0.6) is 0 Å². The number of fused-ring (bicyclic) bond motifs is 1. The van der Waals surface area contributed by atoms with E-state index >= 15 is 0 Å². The van der Waals surface area contributed by atoms with Gasteiger partial charge in [0.25, 0.3) is 0 Å². The van der Waals surface area contributed by atoms with Crippen molar-refractivity contribution in [2.45, 2.75) is 82.0 Å². The van der Waals surface area contributed by atoms with Crippen molar-refractivity contribution in [2.24, 2.45) is 0 Å². The number of amides is 1. The summed E-state index contributed by atoms with van der Waals surface area (Å²) in [5.74, 6) is -4.71. The minimum absolute atomic E-state index is 0.0294. The molecule has 0 bridgehead atoms.